The average molecular weight is 374 g/mol. The van der Waals surface area contributed by atoms with Crippen LogP contribution in [-0.2, 0) is 17.6 Å². The van der Waals surface area contributed by atoms with Gasteiger partial charge in [0.05, 0.1) is 13.2 Å². The van der Waals surface area contributed by atoms with Crippen molar-refractivity contribution >= 4 is 29.2 Å². The van der Waals surface area contributed by atoms with E-state index in [0.29, 0.717) is 13.0 Å². The Morgan fingerprint density at radius 3 is 2.65 bits per heavy atom. The molecule has 5 nitrogen and oxygen atoms in total. The zero-order valence-electron chi connectivity index (χ0n) is 14.7. The van der Waals surface area contributed by atoms with Crippen molar-refractivity contribution in [2.24, 2.45) is 5.73 Å². The van der Waals surface area contributed by atoms with Crippen molar-refractivity contribution in [1.82, 2.24) is 10.3 Å². The summed E-state index contributed by atoms with van der Waals surface area (Å²) in [6.07, 6.45) is 3.20. The number of benzene rings is 2. The maximum Gasteiger partial charge on any atom is 0.237 e. The lowest BCUT2D eigenvalue weighted by molar-refractivity contribution is -0.122. The fourth-order valence-corrected chi connectivity index (χ4v) is 2.88. The van der Waals surface area contributed by atoms with Crippen LogP contribution in [0.3, 0.4) is 0 Å². The minimum absolute atomic E-state index is 0. The summed E-state index contributed by atoms with van der Waals surface area (Å²) in [4.78, 5) is 15.4. The molecule has 138 valence electrons. The van der Waals surface area contributed by atoms with Gasteiger partial charge in [0.2, 0.25) is 5.91 Å². The number of hydrogen-bond acceptors (Lipinski definition) is 3. The number of H-pyrrole nitrogens is 1. The highest BCUT2D eigenvalue weighted by Gasteiger charge is 2.15. The minimum atomic E-state index is -0.560. The Morgan fingerprint density at radius 2 is 1.92 bits per heavy atom. The molecule has 1 amide bonds. The number of ether oxygens (including phenoxy) is 1. The third kappa shape index (κ3) is 4.77. The van der Waals surface area contributed by atoms with E-state index in [2.05, 4.69) is 10.3 Å². The highest BCUT2D eigenvalue weighted by atomic mass is 35.5. The number of rotatable bonds is 7. The molecule has 0 bridgehead atoms. The normalized spacial score (nSPS) is 11.6. The van der Waals surface area contributed by atoms with E-state index in [0.717, 1.165) is 34.2 Å². The van der Waals surface area contributed by atoms with Crippen LogP contribution >= 0.6 is 12.4 Å². The highest BCUT2D eigenvalue weighted by Crippen LogP contribution is 2.18. The first-order valence-corrected chi connectivity index (χ1v) is 8.38. The number of fused-ring (bicyclic) bond motifs is 1. The lowest BCUT2D eigenvalue weighted by atomic mass is 10.0. The van der Waals surface area contributed by atoms with Gasteiger partial charge in [0, 0.05) is 23.6 Å². The van der Waals surface area contributed by atoms with E-state index >= 15 is 0 Å². The van der Waals surface area contributed by atoms with Gasteiger partial charge in [-0.15, -0.1) is 12.4 Å². The number of methoxy groups -OCH3 is 1. The van der Waals surface area contributed by atoms with E-state index in [-0.39, 0.29) is 18.3 Å². The van der Waals surface area contributed by atoms with E-state index < -0.39 is 6.04 Å². The Labute approximate surface area is 159 Å². The monoisotopic (exact) mass is 373 g/mol. The molecule has 0 aliphatic carbocycles. The highest BCUT2D eigenvalue weighted by molar-refractivity contribution is 5.86. The van der Waals surface area contributed by atoms with Crippen LogP contribution < -0.4 is 15.8 Å². The van der Waals surface area contributed by atoms with E-state index in [1.807, 2.05) is 54.7 Å². The van der Waals surface area contributed by atoms with Crippen molar-refractivity contribution in [3.63, 3.8) is 0 Å². The van der Waals surface area contributed by atoms with Crippen LogP contribution in [0.5, 0.6) is 5.75 Å². The summed E-state index contributed by atoms with van der Waals surface area (Å²) in [5.74, 6) is 0.701. The first-order valence-electron chi connectivity index (χ1n) is 8.38. The molecule has 0 aliphatic rings. The lowest BCUT2D eigenvalue weighted by Crippen LogP contribution is -2.42. The molecule has 26 heavy (non-hydrogen) atoms. The van der Waals surface area contributed by atoms with Crippen LogP contribution in [0.2, 0.25) is 0 Å². The van der Waals surface area contributed by atoms with Gasteiger partial charge in [-0.05, 0) is 42.2 Å². The number of para-hydroxylation sites is 1. The van der Waals surface area contributed by atoms with E-state index in [9.17, 15) is 4.79 Å². The summed E-state index contributed by atoms with van der Waals surface area (Å²) in [5.41, 5.74) is 9.34. The average Bonchev–Trinajstić information content (AvgIpc) is 3.05. The second kappa shape index (κ2) is 9.27. The van der Waals surface area contributed by atoms with Crippen molar-refractivity contribution in [3.8, 4) is 5.75 Å². The molecule has 3 aromatic rings. The first kappa shape index (κ1) is 19.8. The van der Waals surface area contributed by atoms with Crippen molar-refractivity contribution in [2.45, 2.75) is 18.9 Å². The molecule has 0 saturated heterocycles. The summed E-state index contributed by atoms with van der Waals surface area (Å²) in [6, 6.07) is 15.3. The SMILES string of the molecule is COc1ccc(CCNC(=O)[C@@H](N)Cc2c[nH]c3ccccc23)cc1.Cl. The zero-order valence-corrected chi connectivity index (χ0v) is 15.5. The smallest absolute Gasteiger partial charge is 0.237 e. The number of nitrogens with one attached hydrogen (secondary N) is 2. The van der Waals surface area contributed by atoms with Crippen LogP contribution in [0, 0.1) is 0 Å². The van der Waals surface area contributed by atoms with Crippen LogP contribution in [0.15, 0.2) is 54.7 Å². The van der Waals surface area contributed by atoms with Gasteiger partial charge >= 0.3 is 0 Å². The van der Waals surface area contributed by atoms with Gasteiger partial charge in [0.25, 0.3) is 0 Å². The second-order valence-electron chi connectivity index (χ2n) is 6.06. The number of amides is 1. The third-order valence-electron chi connectivity index (χ3n) is 4.32. The molecule has 2 aromatic carbocycles. The van der Waals surface area contributed by atoms with Crippen molar-refractivity contribution in [2.75, 3.05) is 13.7 Å². The van der Waals surface area contributed by atoms with E-state index in [1.165, 1.54) is 0 Å². The molecule has 1 atom stereocenters. The van der Waals surface area contributed by atoms with Crippen molar-refractivity contribution in [1.29, 1.82) is 0 Å². The molecule has 0 fully saturated rings. The van der Waals surface area contributed by atoms with Gasteiger partial charge in [-0.25, -0.2) is 0 Å². The fraction of sp³-hybridized carbons (Fsp3) is 0.250. The van der Waals surface area contributed by atoms with Gasteiger partial charge < -0.3 is 20.8 Å². The molecule has 0 radical (unpaired) electrons. The summed E-state index contributed by atoms with van der Waals surface area (Å²) < 4.78 is 5.13. The molecule has 3 rings (SSSR count). The first-order chi connectivity index (χ1) is 12.2. The quantitative estimate of drug-likeness (QED) is 0.595. The predicted octanol–water partition coefficient (Wildman–Crippen LogP) is 2.83. The second-order valence-corrected chi connectivity index (χ2v) is 6.06. The molecule has 0 aliphatic heterocycles. The summed E-state index contributed by atoms with van der Waals surface area (Å²) in [7, 11) is 1.64. The molecule has 0 saturated carbocycles. The van der Waals surface area contributed by atoms with Gasteiger partial charge in [-0.2, -0.15) is 0 Å². The van der Waals surface area contributed by atoms with E-state index in [1.54, 1.807) is 7.11 Å². The van der Waals surface area contributed by atoms with Gasteiger partial charge in [0.1, 0.15) is 5.75 Å². The number of carbonyl (C=O) groups is 1. The van der Waals surface area contributed by atoms with Crippen LogP contribution in [0.25, 0.3) is 10.9 Å². The van der Waals surface area contributed by atoms with Crippen molar-refractivity contribution in [3.05, 3.63) is 65.9 Å². The molecule has 1 aromatic heterocycles. The van der Waals surface area contributed by atoms with Crippen LogP contribution in [0.4, 0.5) is 0 Å². The standard InChI is InChI=1S/C20H23N3O2.ClH/c1-25-16-8-6-14(7-9-16)10-11-22-20(24)18(21)12-15-13-23-19-5-3-2-4-17(15)19;/h2-9,13,18,23H,10-12,21H2,1H3,(H,22,24);1H/t18-;/m0./s1. The van der Waals surface area contributed by atoms with Crippen LogP contribution in [0.1, 0.15) is 11.1 Å². The summed E-state index contributed by atoms with van der Waals surface area (Å²) in [5, 5.41) is 4.03. The zero-order chi connectivity index (χ0) is 17.6. The van der Waals surface area contributed by atoms with E-state index in [4.69, 9.17) is 10.5 Å². The molecule has 6 heteroatoms. The maximum absolute atomic E-state index is 12.2. The largest absolute Gasteiger partial charge is 0.497 e. The fourth-order valence-electron chi connectivity index (χ4n) is 2.88. The Morgan fingerprint density at radius 1 is 1.19 bits per heavy atom. The number of hydrogen-bond donors (Lipinski definition) is 3. The summed E-state index contributed by atoms with van der Waals surface area (Å²) in [6.45, 7) is 0.562. The predicted molar refractivity (Wildman–Crippen MR) is 107 cm³/mol. The summed E-state index contributed by atoms with van der Waals surface area (Å²) >= 11 is 0. The Bertz CT molecular complexity index is 846. The Kier molecular flexibility index (Phi) is 7.06. The molecule has 0 spiro atoms. The minimum Gasteiger partial charge on any atom is -0.497 e. The maximum atomic E-state index is 12.2. The van der Waals surface area contributed by atoms with Gasteiger partial charge in [-0.3, -0.25) is 4.79 Å². The lowest BCUT2D eigenvalue weighted by Gasteiger charge is -2.12. The van der Waals surface area contributed by atoms with Crippen LogP contribution in [-0.4, -0.2) is 30.6 Å². The molecular weight excluding hydrogens is 350 g/mol. The molecular formula is C20H24ClN3O2. The topological polar surface area (TPSA) is 80.1 Å². The molecule has 0 unspecified atom stereocenters. The molecule has 1 heterocycles. The number of halogens is 1. The number of nitrogens with two attached hydrogens (primary N) is 1. The van der Waals surface area contributed by atoms with Gasteiger partial charge in [0.15, 0.2) is 0 Å². The third-order valence-corrected chi connectivity index (χ3v) is 4.32. The Balaban J connectivity index is 0.00000243. The Hall–Kier alpha value is -2.50. The van der Waals surface area contributed by atoms with Gasteiger partial charge in [-0.1, -0.05) is 30.3 Å². The molecule has 4 N–H and O–H groups in total. The van der Waals surface area contributed by atoms with Crippen molar-refractivity contribution < 1.29 is 9.53 Å². The number of aromatic nitrogens is 1. The number of aromatic amines is 1. The number of carbonyl (C=O) groups excluding carboxylic acids is 1.